The van der Waals surface area contributed by atoms with Crippen molar-refractivity contribution in [3.63, 3.8) is 0 Å². The van der Waals surface area contributed by atoms with Gasteiger partial charge in [-0.15, -0.1) is 0 Å². The van der Waals surface area contributed by atoms with Crippen molar-refractivity contribution in [3.05, 3.63) is 59.4 Å². The number of hydrogen-bond donors (Lipinski definition) is 1. The zero-order valence-corrected chi connectivity index (χ0v) is 13.6. The highest BCUT2D eigenvalue weighted by molar-refractivity contribution is 6.88. The molecule has 0 saturated carbocycles. The molecule has 0 aliphatic rings. The van der Waals surface area contributed by atoms with Gasteiger partial charge in [-0.2, -0.15) is 0 Å². The summed E-state index contributed by atoms with van der Waals surface area (Å²) in [5, 5.41) is 4.80. The fourth-order valence-corrected chi connectivity index (χ4v) is 3.25. The van der Waals surface area contributed by atoms with E-state index in [0.29, 0.717) is 5.56 Å². The number of nitrogens with one attached hydrogen (secondary N) is 1. The Labute approximate surface area is 121 Å². The fraction of sp³-hybridized carbons (Fsp3) is 0.294. The Hall–Kier alpha value is -1.61. The van der Waals surface area contributed by atoms with E-state index in [0.717, 1.165) is 12.2 Å². The molecule has 0 heterocycles. The van der Waals surface area contributed by atoms with Crippen LogP contribution >= 0.6 is 0 Å². The monoisotopic (exact) mass is 287 g/mol. The van der Waals surface area contributed by atoms with Crippen LogP contribution in [0.3, 0.4) is 0 Å². The molecule has 0 aliphatic heterocycles. The normalized spacial score (nSPS) is 11.4. The molecule has 0 saturated heterocycles. The maximum absolute atomic E-state index is 13.2. The number of aryl methyl sites for hydroxylation is 1. The predicted molar refractivity (Wildman–Crippen MR) is 87.9 cm³/mol. The summed E-state index contributed by atoms with van der Waals surface area (Å²) < 4.78 is 13.2. The lowest BCUT2D eigenvalue weighted by atomic mass is 10.2. The molecule has 0 aliphatic carbocycles. The first-order chi connectivity index (χ1) is 9.36. The van der Waals surface area contributed by atoms with Crippen LogP contribution in [0, 0.1) is 12.7 Å². The van der Waals surface area contributed by atoms with Crippen molar-refractivity contribution in [3.8, 4) is 0 Å². The highest BCUT2D eigenvalue weighted by Crippen LogP contribution is 2.14. The zero-order chi connectivity index (χ0) is 14.8. The van der Waals surface area contributed by atoms with Gasteiger partial charge in [0.15, 0.2) is 0 Å². The number of rotatable bonds is 4. The third-order valence-electron chi connectivity index (χ3n) is 3.47. The van der Waals surface area contributed by atoms with Gasteiger partial charge < -0.3 is 5.32 Å². The van der Waals surface area contributed by atoms with Gasteiger partial charge >= 0.3 is 0 Å². The minimum atomic E-state index is -1.22. The van der Waals surface area contributed by atoms with Crippen LogP contribution in [-0.4, -0.2) is 8.07 Å². The number of anilines is 1. The van der Waals surface area contributed by atoms with Crippen LogP contribution in [0.4, 0.5) is 10.1 Å². The third kappa shape index (κ3) is 3.70. The Morgan fingerprint density at radius 3 is 2.20 bits per heavy atom. The maximum Gasteiger partial charge on any atom is 0.126 e. The van der Waals surface area contributed by atoms with Gasteiger partial charge in [0.05, 0.1) is 8.07 Å². The SMILES string of the molecule is Cc1cc(NCc2ccc([Si](C)(C)C)cc2)ccc1F. The van der Waals surface area contributed by atoms with Crippen LogP contribution in [0.2, 0.25) is 19.6 Å². The molecule has 0 fully saturated rings. The summed E-state index contributed by atoms with van der Waals surface area (Å²) in [6.07, 6.45) is 0. The lowest BCUT2D eigenvalue weighted by molar-refractivity contribution is 0.618. The van der Waals surface area contributed by atoms with Crippen molar-refractivity contribution in [2.45, 2.75) is 33.1 Å². The van der Waals surface area contributed by atoms with Crippen LogP contribution in [0.1, 0.15) is 11.1 Å². The molecule has 0 atom stereocenters. The van der Waals surface area contributed by atoms with Crippen molar-refractivity contribution in [2.24, 2.45) is 0 Å². The molecular weight excluding hydrogens is 265 g/mol. The van der Waals surface area contributed by atoms with Gasteiger partial charge in [-0.25, -0.2) is 4.39 Å². The molecule has 0 amide bonds. The van der Waals surface area contributed by atoms with Crippen molar-refractivity contribution in [1.82, 2.24) is 0 Å². The molecular formula is C17H22FNSi. The summed E-state index contributed by atoms with van der Waals surface area (Å²) in [6.45, 7) is 9.59. The first-order valence-electron chi connectivity index (χ1n) is 6.96. The van der Waals surface area contributed by atoms with Crippen molar-refractivity contribution < 1.29 is 4.39 Å². The van der Waals surface area contributed by atoms with Gasteiger partial charge in [0.1, 0.15) is 5.82 Å². The second-order valence-corrected chi connectivity index (χ2v) is 11.3. The molecule has 0 aromatic heterocycles. The Morgan fingerprint density at radius 2 is 1.65 bits per heavy atom. The van der Waals surface area contributed by atoms with E-state index in [9.17, 15) is 4.39 Å². The lowest BCUT2D eigenvalue weighted by Gasteiger charge is -2.17. The van der Waals surface area contributed by atoms with E-state index < -0.39 is 8.07 Å². The van der Waals surface area contributed by atoms with E-state index in [4.69, 9.17) is 0 Å². The molecule has 3 heteroatoms. The Balaban J connectivity index is 2.02. The Morgan fingerprint density at radius 1 is 1.00 bits per heavy atom. The molecule has 20 heavy (non-hydrogen) atoms. The van der Waals surface area contributed by atoms with E-state index in [1.165, 1.54) is 16.8 Å². The molecule has 1 N–H and O–H groups in total. The smallest absolute Gasteiger partial charge is 0.126 e. The summed E-state index contributed by atoms with van der Waals surface area (Å²) in [5.74, 6) is -0.157. The minimum Gasteiger partial charge on any atom is -0.381 e. The molecule has 106 valence electrons. The second kappa shape index (κ2) is 5.79. The lowest BCUT2D eigenvalue weighted by Crippen LogP contribution is -2.37. The van der Waals surface area contributed by atoms with E-state index in [2.05, 4.69) is 49.2 Å². The quantitative estimate of drug-likeness (QED) is 0.827. The average Bonchev–Trinajstić information content (AvgIpc) is 2.40. The van der Waals surface area contributed by atoms with Gasteiger partial charge in [0.2, 0.25) is 0 Å². The van der Waals surface area contributed by atoms with Gasteiger partial charge in [0, 0.05) is 12.2 Å². The fourth-order valence-electron chi connectivity index (χ4n) is 2.08. The van der Waals surface area contributed by atoms with Gasteiger partial charge in [-0.05, 0) is 36.2 Å². The molecule has 0 bridgehead atoms. The van der Waals surface area contributed by atoms with Gasteiger partial charge in [0.25, 0.3) is 0 Å². The molecule has 2 aromatic rings. The molecule has 1 nitrogen and oxygen atoms in total. The first kappa shape index (κ1) is 14.8. The summed E-state index contributed by atoms with van der Waals surface area (Å²) in [4.78, 5) is 0. The summed E-state index contributed by atoms with van der Waals surface area (Å²) in [7, 11) is -1.22. The molecule has 2 aromatic carbocycles. The van der Waals surface area contributed by atoms with Crippen LogP contribution in [0.25, 0.3) is 0 Å². The largest absolute Gasteiger partial charge is 0.381 e. The maximum atomic E-state index is 13.2. The van der Waals surface area contributed by atoms with E-state index >= 15 is 0 Å². The topological polar surface area (TPSA) is 12.0 Å². The second-order valence-electron chi connectivity index (χ2n) is 6.26. The first-order valence-corrected chi connectivity index (χ1v) is 10.5. The number of hydrogen-bond acceptors (Lipinski definition) is 1. The zero-order valence-electron chi connectivity index (χ0n) is 12.6. The Kier molecular flexibility index (Phi) is 4.28. The summed E-state index contributed by atoms with van der Waals surface area (Å²) in [6, 6.07) is 13.9. The van der Waals surface area contributed by atoms with Crippen LogP contribution < -0.4 is 10.5 Å². The van der Waals surface area contributed by atoms with Crippen molar-refractivity contribution >= 4 is 18.9 Å². The van der Waals surface area contributed by atoms with Gasteiger partial charge in [-0.1, -0.05) is 49.1 Å². The minimum absolute atomic E-state index is 0.157. The molecule has 0 unspecified atom stereocenters. The number of halogens is 1. The van der Waals surface area contributed by atoms with Crippen LogP contribution in [-0.2, 0) is 6.54 Å². The van der Waals surface area contributed by atoms with Crippen LogP contribution in [0.5, 0.6) is 0 Å². The summed E-state index contributed by atoms with van der Waals surface area (Å²) >= 11 is 0. The average molecular weight is 287 g/mol. The standard InChI is InChI=1S/C17H22FNSi/c1-13-11-15(7-10-17(13)18)19-12-14-5-8-16(9-6-14)20(2,3)4/h5-11,19H,12H2,1-4H3. The van der Waals surface area contributed by atoms with E-state index in [-0.39, 0.29) is 5.82 Å². The van der Waals surface area contributed by atoms with Gasteiger partial charge in [-0.3, -0.25) is 0 Å². The van der Waals surface area contributed by atoms with Crippen LogP contribution in [0.15, 0.2) is 42.5 Å². The molecule has 2 rings (SSSR count). The van der Waals surface area contributed by atoms with Crippen molar-refractivity contribution in [1.29, 1.82) is 0 Å². The highest BCUT2D eigenvalue weighted by Gasteiger charge is 2.15. The van der Waals surface area contributed by atoms with E-state index in [1.54, 1.807) is 13.0 Å². The molecule has 0 spiro atoms. The van der Waals surface area contributed by atoms with Crippen molar-refractivity contribution in [2.75, 3.05) is 5.32 Å². The third-order valence-corrected chi connectivity index (χ3v) is 5.54. The predicted octanol–water partition coefficient (Wildman–Crippen LogP) is 4.29. The van der Waals surface area contributed by atoms with E-state index in [1.807, 2.05) is 6.07 Å². The number of benzene rings is 2. The molecule has 0 radical (unpaired) electrons. The summed E-state index contributed by atoms with van der Waals surface area (Å²) in [5.41, 5.74) is 2.87. The highest BCUT2D eigenvalue weighted by atomic mass is 28.3. The Bertz CT molecular complexity index is 585.